The van der Waals surface area contributed by atoms with Crippen LogP contribution < -0.4 is 0 Å². The van der Waals surface area contributed by atoms with Crippen molar-refractivity contribution in [2.45, 2.75) is 103 Å². The van der Waals surface area contributed by atoms with Gasteiger partial charge in [-0.25, -0.2) is 15.0 Å². The lowest BCUT2D eigenvalue weighted by Gasteiger charge is -2.40. The Morgan fingerprint density at radius 2 is 1.70 bits per heavy atom. The summed E-state index contributed by atoms with van der Waals surface area (Å²) in [4.78, 5) is 13.3. The third-order valence-corrected chi connectivity index (χ3v) is 16.7. The number of nitrogens with zero attached hydrogens (tertiary/aromatic N) is 4. The Morgan fingerprint density at radius 1 is 1.06 bits per heavy atom. The smallest absolute Gasteiger partial charge is 0.192 e. The largest absolute Gasteiger partial charge is 0.414 e. The van der Waals surface area contributed by atoms with Crippen molar-refractivity contribution >= 4 is 33.9 Å². The molecule has 33 heavy (non-hydrogen) atoms. The monoisotopic (exact) mass is 490 g/mol. The van der Waals surface area contributed by atoms with Gasteiger partial charge in [0.05, 0.1) is 24.7 Å². The first-order chi connectivity index (χ1) is 15.1. The Balaban J connectivity index is 1.89. The Morgan fingerprint density at radius 3 is 2.27 bits per heavy atom. The van der Waals surface area contributed by atoms with Gasteiger partial charge in [0.25, 0.3) is 0 Å². The van der Waals surface area contributed by atoms with Crippen LogP contribution in [0.3, 0.4) is 0 Å². The molecule has 7 nitrogen and oxygen atoms in total. The summed E-state index contributed by atoms with van der Waals surface area (Å²) in [5.41, 5.74) is 2.21. The molecule has 2 aromatic rings. The van der Waals surface area contributed by atoms with Crippen molar-refractivity contribution in [3.05, 3.63) is 24.9 Å². The maximum atomic E-state index is 6.88. The van der Waals surface area contributed by atoms with Gasteiger partial charge in [0, 0.05) is 6.42 Å². The number of fused-ring (bicyclic) bond motifs is 1. The van der Waals surface area contributed by atoms with Crippen molar-refractivity contribution in [3.63, 3.8) is 0 Å². The summed E-state index contributed by atoms with van der Waals surface area (Å²) in [5, 5.41) is 0.253. The molecule has 0 amide bonds. The van der Waals surface area contributed by atoms with Crippen LogP contribution in [0.15, 0.2) is 19.2 Å². The van der Waals surface area contributed by atoms with E-state index >= 15 is 0 Å². The summed E-state index contributed by atoms with van der Waals surface area (Å²) in [6.45, 7) is 27.1. The molecule has 1 fully saturated rings. The van der Waals surface area contributed by atoms with Gasteiger partial charge in [-0.15, -0.1) is 0 Å². The van der Waals surface area contributed by atoms with Crippen LogP contribution in [-0.2, 0) is 13.6 Å². The van der Waals surface area contributed by atoms with Crippen molar-refractivity contribution < 1.29 is 13.6 Å². The Hall–Kier alpha value is -1.40. The lowest BCUT2D eigenvalue weighted by Crippen LogP contribution is -2.48. The van der Waals surface area contributed by atoms with Gasteiger partial charge in [-0.1, -0.05) is 48.1 Å². The van der Waals surface area contributed by atoms with E-state index < -0.39 is 16.6 Å². The van der Waals surface area contributed by atoms with Crippen molar-refractivity contribution in [2.75, 3.05) is 6.61 Å². The lowest BCUT2D eigenvalue weighted by molar-refractivity contribution is -0.0383. The third kappa shape index (κ3) is 5.32. The molecule has 0 aliphatic carbocycles. The van der Waals surface area contributed by atoms with E-state index in [2.05, 4.69) is 89.3 Å². The van der Waals surface area contributed by atoms with Gasteiger partial charge in [0.15, 0.2) is 22.3 Å². The van der Waals surface area contributed by atoms with E-state index in [4.69, 9.17) is 13.6 Å². The normalized spacial score (nSPS) is 22.8. The molecular weight excluding hydrogens is 448 g/mol. The predicted octanol–water partition coefficient (Wildman–Crippen LogP) is 6.17. The molecule has 0 spiro atoms. The molecule has 0 bridgehead atoms. The molecule has 3 heterocycles. The van der Waals surface area contributed by atoms with Gasteiger partial charge in [-0.3, -0.25) is 4.57 Å². The molecule has 0 aromatic carbocycles. The molecular formula is C24H42N4O3Si2. The predicted molar refractivity (Wildman–Crippen MR) is 139 cm³/mol. The second kappa shape index (κ2) is 9.00. The highest BCUT2D eigenvalue weighted by Gasteiger charge is 2.46. The van der Waals surface area contributed by atoms with Crippen LogP contribution in [0.1, 0.15) is 59.9 Å². The molecule has 1 aliphatic heterocycles. The van der Waals surface area contributed by atoms with Gasteiger partial charge in [0.2, 0.25) is 0 Å². The van der Waals surface area contributed by atoms with E-state index in [1.165, 1.54) is 0 Å². The van der Waals surface area contributed by atoms with Crippen LogP contribution >= 0.6 is 0 Å². The summed E-state index contributed by atoms with van der Waals surface area (Å²) in [6.07, 6.45) is 5.37. The fraction of sp³-hybridized carbons (Fsp3) is 0.708. The standard InChI is InChI=1S/C24H42N4O3Si2/c1-12-17-21-22(26-15-25-17)28(16-27-21)20-13-18(31-33(10,11)24(5,6)7)19(30-20)14-29-32(8,9)23(2,3)4/h12,15-16,18-20H,1,13-14H2,2-11H3/t18-,19+,20+/m0/s1. The van der Waals surface area contributed by atoms with E-state index in [0.717, 1.165) is 23.3 Å². The zero-order valence-electron chi connectivity index (χ0n) is 22.1. The van der Waals surface area contributed by atoms with Crippen molar-refractivity contribution in [1.82, 2.24) is 19.5 Å². The fourth-order valence-electron chi connectivity index (χ4n) is 3.44. The van der Waals surface area contributed by atoms with Gasteiger partial charge < -0.3 is 13.6 Å². The highest BCUT2D eigenvalue weighted by atomic mass is 28.4. The van der Waals surface area contributed by atoms with Crippen molar-refractivity contribution in [2.24, 2.45) is 0 Å². The molecule has 0 radical (unpaired) electrons. The molecule has 9 heteroatoms. The van der Waals surface area contributed by atoms with E-state index in [9.17, 15) is 0 Å². The van der Waals surface area contributed by atoms with Crippen molar-refractivity contribution in [1.29, 1.82) is 0 Å². The minimum absolute atomic E-state index is 0.0428. The average Bonchev–Trinajstić information content (AvgIpc) is 3.28. The fourth-order valence-corrected chi connectivity index (χ4v) is 5.81. The maximum Gasteiger partial charge on any atom is 0.192 e. The van der Waals surface area contributed by atoms with Crippen molar-refractivity contribution in [3.8, 4) is 0 Å². The first-order valence-corrected chi connectivity index (χ1v) is 17.7. The first kappa shape index (κ1) is 26.2. The number of rotatable bonds is 7. The maximum absolute atomic E-state index is 6.88. The number of imidazole rings is 1. The number of hydrogen-bond acceptors (Lipinski definition) is 6. The topological polar surface area (TPSA) is 71.3 Å². The minimum atomic E-state index is -1.99. The summed E-state index contributed by atoms with van der Waals surface area (Å²) >= 11 is 0. The van der Waals surface area contributed by atoms with Gasteiger partial charge in [-0.2, -0.15) is 0 Å². The van der Waals surface area contributed by atoms with Crippen LogP contribution in [-0.4, -0.2) is 55.0 Å². The molecule has 0 N–H and O–H groups in total. The van der Waals surface area contributed by atoms with Crippen LogP contribution in [0.5, 0.6) is 0 Å². The Labute approximate surface area is 201 Å². The number of ether oxygens (including phenoxy) is 1. The van der Waals surface area contributed by atoms with Gasteiger partial charge in [-0.05, 0) is 42.3 Å². The van der Waals surface area contributed by atoms with E-state index in [0.29, 0.717) is 6.61 Å². The highest BCUT2D eigenvalue weighted by molar-refractivity contribution is 6.74. The van der Waals surface area contributed by atoms with Crippen LogP contribution in [0.25, 0.3) is 17.2 Å². The van der Waals surface area contributed by atoms with E-state index in [1.807, 2.05) is 4.57 Å². The highest BCUT2D eigenvalue weighted by Crippen LogP contribution is 2.42. The SMILES string of the molecule is C=Cc1ncnc2c1ncn2[C@H]1C[C@H](O[Si](C)(C)C(C)(C)C)[C@@H](CO[Si](C)(C)C(C)(C)C)O1. The molecule has 0 saturated carbocycles. The minimum Gasteiger partial charge on any atom is -0.414 e. The molecule has 3 atom stereocenters. The second-order valence-electron chi connectivity index (χ2n) is 12.1. The van der Waals surface area contributed by atoms with Crippen LogP contribution in [0.2, 0.25) is 36.3 Å². The Bertz CT molecular complexity index is 992. The first-order valence-electron chi connectivity index (χ1n) is 11.8. The molecule has 1 saturated heterocycles. The zero-order valence-corrected chi connectivity index (χ0v) is 24.1. The molecule has 3 rings (SSSR count). The van der Waals surface area contributed by atoms with E-state index in [-0.39, 0.29) is 28.5 Å². The van der Waals surface area contributed by atoms with Gasteiger partial charge >= 0.3 is 0 Å². The van der Waals surface area contributed by atoms with E-state index in [1.54, 1.807) is 18.7 Å². The zero-order chi connectivity index (χ0) is 24.8. The molecule has 0 unspecified atom stereocenters. The number of aromatic nitrogens is 4. The molecule has 1 aliphatic rings. The molecule has 184 valence electrons. The second-order valence-corrected chi connectivity index (χ2v) is 21.7. The van der Waals surface area contributed by atoms with Crippen LogP contribution in [0.4, 0.5) is 0 Å². The third-order valence-electron chi connectivity index (χ3n) is 7.74. The summed E-state index contributed by atoms with van der Waals surface area (Å²) in [6, 6.07) is 0. The lowest BCUT2D eigenvalue weighted by atomic mass is 10.2. The number of hydrogen-bond donors (Lipinski definition) is 0. The summed E-state index contributed by atoms with van der Waals surface area (Å²) in [7, 11) is -3.91. The average molecular weight is 491 g/mol. The van der Waals surface area contributed by atoms with Crippen LogP contribution in [0, 0.1) is 0 Å². The summed E-state index contributed by atoms with van der Waals surface area (Å²) < 4.78 is 22.1. The quantitative estimate of drug-likeness (QED) is 0.432. The molecule has 2 aromatic heterocycles. The van der Waals surface area contributed by atoms with Gasteiger partial charge in [0.1, 0.15) is 24.2 Å². The Kier molecular flexibility index (Phi) is 7.15. The summed E-state index contributed by atoms with van der Waals surface area (Å²) in [5.74, 6) is 0.